The Labute approximate surface area is 120 Å². The Morgan fingerprint density at radius 3 is 1.80 bits per heavy atom. The second-order valence-corrected chi connectivity index (χ2v) is 5.62. The largest absolute Gasteiger partial charge is 0.378 e. The molecule has 0 spiro atoms. The Bertz CT molecular complexity index is 562. The van der Waals surface area contributed by atoms with E-state index in [2.05, 4.69) is 67.3 Å². The number of aliphatic hydroxyl groups excluding tert-OH is 1. The monoisotopic (exact) mass is 267 g/mol. The van der Waals surface area contributed by atoms with E-state index >= 15 is 0 Å². The van der Waals surface area contributed by atoms with Crippen LogP contribution in [0.2, 0.25) is 0 Å². The average molecular weight is 267 g/mol. The molecule has 20 heavy (non-hydrogen) atoms. The number of aliphatic hydroxyl groups is 1. The molecular formula is C18H21NO. The zero-order valence-corrected chi connectivity index (χ0v) is 12.1. The van der Waals surface area contributed by atoms with Gasteiger partial charge in [-0.1, -0.05) is 48.5 Å². The number of nitrogens with zero attached hydrogens (tertiary/aromatic N) is 1. The third-order valence-corrected chi connectivity index (χ3v) is 4.33. The van der Waals surface area contributed by atoms with Crippen LogP contribution in [0.4, 0.5) is 0 Å². The highest BCUT2D eigenvalue weighted by molar-refractivity contribution is 5.40. The smallest absolute Gasteiger partial charge is 0.109 e. The first kappa shape index (κ1) is 13.3. The van der Waals surface area contributed by atoms with Crippen molar-refractivity contribution in [1.29, 1.82) is 0 Å². The number of likely N-dealkylation sites (tertiary alicyclic amines) is 1. The minimum Gasteiger partial charge on any atom is -0.378 e. The lowest BCUT2D eigenvalue weighted by Gasteiger charge is -2.44. The predicted octanol–water partition coefficient (Wildman–Crippen LogP) is 3.42. The van der Waals surface area contributed by atoms with Crippen LogP contribution >= 0.6 is 0 Å². The van der Waals surface area contributed by atoms with Gasteiger partial charge in [-0.2, -0.15) is 0 Å². The lowest BCUT2D eigenvalue weighted by molar-refractivity contribution is -0.0923. The summed E-state index contributed by atoms with van der Waals surface area (Å²) in [6.07, 6.45) is 0.549. The van der Waals surface area contributed by atoms with Gasteiger partial charge in [0, 0.05) is 6.54 Å². The number of aryl methyl sites for hydroxylation is 2. The van der Waals surface area contributed by atoms with Gasteiger partial charge in [-0.05, 0) is 42.5 Å². The maximum Gasteiger partial charge on any atom is 0.109 e. The summed E-state index contributed by atoms with van der Waals surface area (Å²) in [5, 5.41) is 10.1. The zero-order valence-electron chi connectivity index (χ0n) is 12.1. The van der Waals surface area contributed by atoms with Crippen LogP contribution in [0.25, 0.3) is 0 Å². The molecule has 0 radical (unpaired) electrons. The quantitative estimate of drug-likeness (QED) is 0.921. The van der Waals surface area contributed by atoms with E-state index in [0.717, 1.165) is 13.0 Å². The van der Waals surface area contributed by atoms with Crippen LogP contribution in [0, 0.1) is 13.8 Å². The van der Waals surface area contributed by atoms with Crippen LogP contribution in [0.1, 0.15) is 34.7 Å². The van der Waals surface area contributed by atoms with Gasteiger partial charge in [-0.25, -0.2) is 0 Å². The molecule has 104 valence electrons. The molecule has 2 aromatic rings. The maximum absolute atomic E-state index is 10.1. The number of hydrogen-bond acceptors (Lipinski definition) is 2. The third kappa shape index (κ3) is 2.26. The van der Waals surface area contributed by atoms with Crippen molar-refractivity contribution in [2.24, 2.45) is 0 Å². The Morgan fingerprint density at radius 2 is 1.45 bits per heavy atom. The molecule has 0 aromatic heterocycles. The van der Waals surface area contributed by atoms with Crippen molar-refractivity contribution in [1.82, 2.24) is 4.90 Å². The van der Waals surface area contributed by atoms with Crippen LogP contribution in [-0.2, 0) is 0 Å². The van der Waals surface area contributed by atoms with Crippen LogP contribution in [0.15, 0.2) is 48.5 Å². The van der Waals surface area contributed by atoms with Crippen LogP contribution < -0.4 is 0 Å². The van der Waals surface area contributed by atoms with Gasteiger partial charge in [0.25, 0.3) is 0 Å². The fraction of sp³-hybridized carbons (Fsp3) is 0.333. The summed E-state index contributed by atoms with van der Waals surface area (Å²) < 4.78 is 0. The van der Waals surface area contributed by atoms with Crippen molar-refractivity contribution < 1.29 is 5.11 Å². The van der Waals surface area contributed by atoms with E-state index in [1.54, 1.807) is 0 Å². The lowest BCUT2D eigenvalue weighted by Crippen LogP contribution is -2.49. The lowest BCUT2D eigenvalue weighted by atomic mass is 9.89. The average Bonchev–Trinajstić information content (AvgIpc) is 2.45. The third-order valence-electron chi connectivity index (χ3n) is 4.33. The molecule has 1 aliphatic rings. The molecule has 3 rings (SSSR count). The zero-order chi connectivity index (χ0) is 14.1. The van der Waals surface area contributed by atoms with Crippen molar-refractivity contribution in [3.63, 3.8) is 0 Å². The van der Waals surface area contributed by atoms with Gasteiger partial charge >= 0.3 is 0 Å². The highest BCUT2D eigenvalue weighted by atomic mass is 16.3. The minimum absolute atomic E-state index is 0.154. The first-order valence-corrected chi connectivity index (χ1v) is 7.23. The first-order valence-electron chi connectivity index (χ1n) is 7.23. The summed E-state index contributed by atoms with van der Waals surface area (Å²) in [5.74, 6) is 0. The summed E-state index contributed by atoms with van der Waals surface area (Å²) >= 11 is 0. The topological polar surface area (TPSA) is 23.5 Å². The summed E-state index contributed by atoms with van der Waals surface area (Å²) in [6, 6.07) is 17.1. The van der Waals surface area contributed by atoms with Crippen LogP contribution in [0.3, 0.4) is 0 Å². The van der Waals surface area contributed by atoms with E-state index < -0.39 is 0 Å². The molecule has 0 aliphatic carbocycles. The van der Waals surface area contributed by atoms with E-state index in [1.165, 1.54) is 22.3 Å². The molecule has 2 heteroatoms. The normalized spacial score (nSPS) is 19.1. The molecule has 0 amide bonds. The molecule has 1 aliphatic heterocycles. The molecular weight excluding hydrogens is 246 g/mol. The summed E-state index contributed by atoms with van der Waals surface area (Å²) in [6.45, 7) is 5.24. The highest BCUT2D eigenvalue weighted by Gasteiger charge is 2.35. The Morgan fingerprint density at radius 1 is 0.950 bits per heavy atom. The predicted molar refractivity (Wildman–Crippen MR) is 81.5 cm³/mol. The van der Waals surface area contributed by atoms with Crippen molar-refractivity contribution in [2.45, 2.75) is 32.5 Å². The second kappa shape index (κ2) is 5.39. The molecule has 1 fully saturated rings. The Hall–Kier alpha value is -1.64. The number of rotatable bonds is 3. The number of benzene rings is 2. The van der Waals surface area contributed by atoms with Crippen molar-refractivity contribution in [3.05, 3.63) is 70.8 Å². The first-order chi connectivity index (χ1) is 9.68. The fourth-order valence-electron chi connectivity index (χ4n) is 3.01. The SMILES string of the molecule is Cc1ccccc1C(c1ccccc1C)N1CCC1O. The highest BCUT2D eigenvalue weighted by Crippen LogP contribution is 2.37. The van der Waals surface area contributed by atoms with Crippen LogP contribution in [0.5, 0.6) is 0 Å². The minimum atomic E-state index is -0.320. The van der Waals surface area contributed by atoms with Gasteiger partial charge in [0.05, 0.1) is 6.04 Å². The maximum atomic E-state index is 10.1. The van der Waals surface area contributed by atoms with E-state index in [-0.39, 0.29) is 12.3 Å². The van der Waals surface area contributed by atoms with Crippen molar-refractivity contribution >= 4 is 0 Å². The van der Waals surface area contributed by atoms with Gasteiger partial charge in [0.2, 0.25) is 0 Å². The second-order valence-electron chi connectivity index (χ2n) is 5.62. The van der Waals surface area contributed by atoms with Crippen LogP contribution in [-0.4, -0.2) is 22.8 Å². The molecule has 1 atom stereocenters. The Kier molecular flexibility index (Phi) is 3.60. The molecule has 0 bridgehead atoms. The molecule has 2 aromatic carbocycles. The van der Waals surface area contributed by atoms with Gasteiger partial charge in [0.15, 0.2) is 0 Å². The molecule has 2 nitrogen and oxygen atoms in total. The summed E-state index contributed by atoms with van der Waals surface area (Å²) in [4.78, 5) is 2.19. The Balaban J connectivity index is 2.10. The van der Waals surface area contributed by atoms with Crippen molar-refractivity contribution in [3.8, 4) is 0 Å². The van der Waals surface area contributed by atoms with E-state index in [9.17, 15) is 5.11 Å². The van der Waals surface area contributed by atoms with Crippen molar-refractivity contribution in [2.75, 3.05) is 6.54 Å². The molecule has 1 N–H and O–H groups in total. The van der Waals surface area contributed by atoms with Gasteiger partial charge in [-0.3, -0.25) is 4.90 Å². The fourth-order valence-corrected chi connectivity index (χ4v) is 3.01. The summed E-state index contributed by atoms with van der Waals surface area (Å²) in [5.41, 5.74) is 5.14. The molecule has 1 heterocycles. The van der Waals surface area contributed by atoms with Gasteiger partial charge in [-0.15, -0.1) is 0 Å². The molecule has 1 unspecified atom stereocenters. The molecule has 0 saturated carbocycles. The van der Waals surface area contributed by atoms with E-state index in [1.807, 2.05) is 0 Å². The van der Waals surface area contributed by atoms with Gasteiger partial charge in [0.1, 0.15) is 6.23 Å². The standard InChI is InChI=1S/C18H21NO/c1-13-7-3-5-9-15(13)18(19-12-11-17(19)20)16-10-6-4-8-14(16)2/h3-10,17-18,20H,11-12H2,1-2H3. The summed E-state index contributed by atoms with van der Waals surface area (Å²) in [7, 11) is 0. The molecule has 1 saturated heterocycles. The van der Waals surface area contributed by atoms with E-state index in [0.29, 0.717) is 0 Å². The van der Waals surface area contributed by atoms with E-state index in [4.69, 9.17) is 0 Å². The number of hydrogen-bond donors (Lipinski definition) is 1. The van der Waals surface area contributed by atoms with Gasteiger partial charge < -0.3 is 5.11 Å².